The Morgan fingerprint density at radius 1 is 1.31 bits per heavy atom. The molecule has 2 N–H and O–H groups in total. The number of nitrogens with one attached hydrogen (secondary N) is 2. The molecule has 1 amide bonds. The predicted octanol–water partition coefficient (Wildman–Crippen LogP) is 2.41. The molecule has 8 nitrogen and oxygen atoms in total. The van der Waals surface area contributed by atoms with Crippen LogP contribution in [0.4, 0.5) is 16.4 Å². The summed E-state index contributed by atoms with van der Waals surface area (Å²) in [6.45, 7) is 7.16. The minimum absolute atomic E-state index is 0.218. The van der Waals surface area contributed by atoms with E-state index in [1.54, 1.807) is 4.90 Å². The standard InChI is InChI=1S/C18H29N5O3/c1-3-25-18(24)23-8-6-14(7-9-23)22-17-11-16(20-13(2)21-17)19-12-15-5-4-10-26-15/h11,14-15H,3-10,12H2,1-2H3,(H2,19,20,21,22). The van der Waals surface area contributed by atoms with E-state index >= 15 is 0 Å². The zero-order chi connectivity index (χ0) is 18.4. The van der Waals surface area contributed by atoms with Gasteiger partial charge in [-0.2, -0.15) is 0 Å². The monoisotopic (exact) mass is 363 g/mol. The van der Waals surface area contributed by atoms with E-state index in [0.29, 0.717) is 25.7 Å². The third-order valence-electron chi connectivity index (χ3n) is 4.75. The van der Waals surface area contributed by atoms with E-state index in [1.165, 1.54) is 0 Å². The molecule has 0 bridgehead atoms. The van der Waals surface area contributed by atoms with Crippen LogP contribution >= 0.6 is 0 Å². The van der Waals surface area contributed by atoms with Crippen molar-refractivity contribution in [1.29, 1.82) is 0 Å². The molecule has 0 radical (unpaired) electrons. The average molecular weight is 363 g/mol. The molecule has 0 aromatic carbocycles. The molecule has 0 saturated carbocycles. The third-order valence-corrected chi connectivity index (χ3v) is 4.75. The first-order valence-electron chi connectivity index (χ1n) is 9.53. The largest absolute Gasteiger partial charge is 0.450 e. The van der Waals surface area contributed by atoms with Gasteiger partial charge in [0, 0.05) is 38.3 Å². The molecule has 2 saturated heterocycles. The van der Waals surface area contributed by atoms with Crippen molar-refractivity contribution in [3.8, 4) is 0 Å². The predicted molar refractivity (Wildman–Crippen MR) is 99.5 cm³/mol. The van der Waals surface area contributed by atoms with Gasteiger partial charge >= 0.3 is 6.09 Å². The van der Waals surface area contributed by atoms with Crippen LogP contribution in [-0.2, 0) is 9.47 Å². The molecule has 2 aliphatic rings. The molecule has 26 heavy (non-hydrogen) atoms. The number of anilines is 2. The molecular weight excluding hydrogens is 334 g/mol. The molecule has 1 atom stereocenters. The number of ether oxygens (including phenoxy) is 2. The second-order valence-electron chi connectivity index (χ2n) is 6.81. The molecule has 3 heterocycles. The lowest BCUT2D eigenvalue weighted by molar-refractivity contribution is 0.0983. The second-order valence-corrected chi connectivity index (χ2v) is 6.81. The Morgan fingerprint density at radius 2 is 2.08 bits per heavy atom. The molecular formula is C18H29N5O3. The second kappa shape index (κ2) is 9.02. The van der Waals surface area contributed by atoms with Crippen molar-refractivity contribution in [1.82, 2.24) is 14.9 Å². The number of aryl methyl sites for hydroxylation is 1. The molecule has 2 fully saturated rings. The van der Waals surface area contributed by atoms with Crippen molar-refractivity contribution >= 4 is 17.7 Å². The first kappa shape index (κ1) is 18.7. The molecule has 0 spiro atoms. The highest BCUT2D eigenvalue weighted by molar-refractivity contribution is 5.67. The number of rotatable bonds is 6. The summed E-state index contributed by atoms with van der Waals surface area (Å²) in [6.07, 6.45) is 4.03. The van der Waals surface area contributed by atoms with Crippen LogP contribution < -0.4 is 10.6 Å². The van der Waals surface area contributed by atoms with Crippen molar-refractivity contribution in [2.45, 2.75) is 51.7 Å². The smallest absolute Gasteiger partial charge is 0.409 e. The van der Waals surface area contributed by atoms with Gasteiger partial charge in [-0.3, -0.25) is 0 Å². The highest BCUT2D eigenvalue weighted by atomic mass is 16.6. The van der Waals surface area contributed by atoms with Crippen LogP contribution in [0, 0.1) is 6.92 Å². The quantitative estimate of drug-likeness (QED) is 0.802. The number of carbonyl (C=O) groups excluding carboxylic acids is 1. The van der Waals surface area contributed by atoms with Gasteiger partial charge in [-0.1, -0.05) is 0 Å². The summed E-state index contributed by atoms with van der Waals surface area (Å²) in [6, 6.07) is 2.24. The van der Waals surface area contributed by atoms with Crippen LogP contribution in [0.1, 0.15) is 38.4 Å². The summed E-state index contributed by atoms with van der Waals surface area (Å²) in [5.74, 6) is 2.37. The minimum Gasteiger partial charge on any atom is -0.450 e. The van der Waals surface area contributed by atoms with E-state index in [4.69, 9.17) is 9.47 Å². The third kappa shape index (κ3) is 5.20. The molecule has 1 unspecified atom stereocenters. The van der Waals surface area contributed by atoms with E-state index in [1.807, 2.05) is 19.9 Å². The molecule has 1 aromatic heterocycles. The molecule has 0 aliphatic carbocycles. The van der Waals surface area contributed by atoms with E-state index in [2.05, 4.69) is 20.6 Å². The van der Waals surface area contributed by atoms with Crippen LogP contribution in [0.2, 0.25) is 0 Å². The lowest BCUT2D eigenvalue weighted by Gasteiger charge is -2.31. The Morgan fingerprint density at radius 3 is 2.77 bits per heavy atom. The van der Waals surface area contributed by atoms with Gasteiger partial charge in [0.15, 0.2) is 0 Å². The number of hydrogen-bond donors (Lipinski definition) is 2. The zero-order valence-corrected chi connectivity index (χ0v) is 15.7. The van der Waals surface area contributed by atoms with Crippen LogP contribution in [0.15, 0.2) is 6.07 Å². The van der Waals surface area contributed by atoms with Crippen molar-refractivity contribution in [2.24, 2.45) is 0 Å². The SMILES string of the molecule is CCOC(=O)N1CCC(Nc2cc(NCC3CCCO3)nc(C)n2)CC1. The highest BCUT2D eigenvalue weighted by Gasteiger charge is 2.24. The summed E-state index contributed by atoms with van der Waals surface area (Å²) in [5, 5.41) is 6.84. The van der Waals surface area contributed by atoms with Gasteiger partial charge in [0.2, 0.25) is 0 Å². The van der Waals surface area contributed by atoms with Gasteiger partial charge in [0.05, 0.1) is 12.7 Å². The van der Waals surface area contributed by atoms with E-state index < -0.39 is 0 Å². The summed E-state index contributed by atoms with van der Waals surface area (Å²) < 4.78 is 10.7. The van der Waals surface area contributed by atoms with Gasteiger partial charge in [0.1, 0.15) is 17.5 Å². The Balaban J connectivity index is 1.50. The summed E-state index contributed by atoms with van der Waals surface area (Å²) >= 11 is 0. The van der Waals surface area contributed by atoms with E-state index in [0.717, 1.165) is 56.3 Å². The van der Waals surface area contributed by atoms with E-state index in [-0.39, 0.29) is 12.2 Å². The maximum atomic E-state index is 11.8. The van der Waals surface area contributed by atoms with Gasteiger partial charge in [0.25, 0.3) is 0 Å². The Hall–Kier alpha value is -2.09. The zero-order valence-electron chi connectivity index (χ0n) is 15.7. The first-order chi connectivity index (χ1) is 12.6. The number of hydrogen-bond acceptors (Lipinski definition) is 7. The van der Waals surface area contributed by atoms with Gasteiger partial charge in [-0.25, -0.2) is 14.8 Å². The van der Waals surface area contributed by atoms with Crippen molar-refractivity contribution in [2.75, 3.05) is 43.5 Å². The molecule has 2 aliphatic heterocycles. The molecule has 3 rings (SSSR count). The van der Waals surface area contributed by atoms with Crippen LogP contribution in [0.5, 0.6) is 0 Å². The normalized spacial score (nSPS) is 20.8. The van der Waals surface area contributed by atoms with Crippen LogP contribution in [0.3, 0.4) is 0 Å². The number of carbonyl (C=O) groups is 1. The van der Waals surface area contributed by atoms with Crippen molar-refractivity contribution in [3.63, 3.8) is 0 Å². The van der Waals surface area contributed by atoms with Gasteiger partial charge in [-0.15, -0.1) is 0 Å². The topological polar surface area (TPSA) is 88.6 Å². The van der Waals surface area contributed by atoms with Gasteiger partial charge in [-0.05, 0) is 39.5 Å². The average Bonchev–Trinajstić information content (AvgIpc) is 3.14. The molecule has 1 aromatic rings. The first-order valence-corrected chi connectivity index (χ1v) is 9.53. The summed E-state index contributed by atoms with van der Waals surface area (Å²) in [5.41, 5.74) is 0. The molecule has 8 heteroatoms. The van der Waals surface area contributed by atoms with Crippen molar-refractivity contribution in [3.05, 3.63) is 11.9 Å². The number of amides is 1. The minimum atomic E-state index is -0.218. The maximum Gasteiger partial charge on any atom is 0.409 e. The van der Waals surface area contributed by atoms with Crippen molar-refractivity contribution < 1.29 is 14.3 Å². The van der Waals surface area contributed by atoms with E-state index in [9.17, 15) is 4.79 Å². The lowest BCUT2D eigenvalue weighted by Crippen LogP contribution is -2.42. The van der Waals surface area contributed by atoms with Crippen LogP contribution in [-0.4, -0.2) is 66.0 Å². The highest BCUT2D eigenvalue weighted by Crippen LogP contribution is 2.19. The Labute approximate surface area is 154 Å². The summed E-state index contributed by atoms with van der Waals surface area (Å²) in [7, 11) is 0. The lowest BCUT2D eigenvalue weighted by atomic mass is 10.1. The number of piperidine rings is 1. The van der Waals surface area contributed by atoms with Crippen LogP contribution in [0.25, 0.3) is 0 Å². The molecule has 144 valence electrons. The summed E-state index contributed by atoms with van der Waals surface area (Å²) in [4.78, 5) is 22.5. The maximum absolute atomic E-state index is 11.8. The Bertz CT molecular complexity index is 598. The fraction of sp³-hybridized carbons (Fsp3) is 0.722. The van der Waals surface area contributed by atoms with Gasteiger partial charge < -0.3 is 25.0 Å². The fourth-order valence-electron chi connectivity index (χ4n) is 3.39. The Kier molecular flexibility index (Phi) is 6.49. The fourth-order valence-corrected chi connectivity index (χ4v) is 3.39. The number of nitrogens with zero attached hydrogens (tertiary/aromatic N) is 3. The number of aromatic nitrogens is 2. The number of likely N-dealkylation sites (tertiary alicyclic amines) is 1.